The van der Waals surface area contributed by atoms with Crippen LogP contribution in [0.3, 0.4) is 0 Å². The van der Waals surface area contributed by atoms with Gasteiger partial charge in [-0.15, -0.1) is 0 Å². The third-order valence-electron chi connectivity index (χ3n) is 2.05. The van der Waals surface area contributed by atoms with Gasteiger partial charge in [0.25, 0.3) is 5.69 Å². The van der Waals surface area contributed by atoms with Gasteiger partial charge in [0.2, 0.25) is 5.78 Å². The monoisotopic (exact) mass is 315 g/mol. The molecule has 0 bridgehead atoms. The van der Waals surface area contributed by atoms with Gasteiger partial charge in [0.05, 0.1) is 10.6 Å². The third-order valence-corrected chi connectivity index (χ3v) is 2.74. The molecular formula is C10H10BrN3O4. The summed E-state index contributed by atoms with van der Waals surface area (Å²) in [6.07, 6.45) is 0.0869. The molecule has 0 fully saturated rings. The predicted octanol–water partition coefficient (Wildman–Crippen LogP) is 1.78. The minimum Gasteiger partial charge on any atom is -0.297 e. The van der Waals surface area contributed by atoms with Crippen LogP contribution < -0.4 is 10.9 Å². The number of nitrogens with zero attached hydrogens (tertiary/aromatic N) is 1. The Kier molecular flexibility index (Phi) is 4.78. The Morgan fingerprint density at radius 1 is 1.44 bits per heavy atom. The number of carbonyl (C=O) groups excluding carboxylic acids is 2. The molecule has 0 aliphatic rings. The Balaban J connectivity index is 2.78. The van der Waals surface area contributed by atoms with Crippen LogP contribution in [-0.4, -0.2) is 16.6 Å². The van der Waals surface area contributed by atoms with E-state index in [4.69, 9.17) is 0 Å². The minimum absolute atomic E-state index is 0.0869. The van der Waals surface area contributed by atoms with Gasteiger partial charge in [-0.25, -0.2) is 0 Å². The molecule has 0 aliphatic carbocycles. The standard InChI is InChI=1S/C10H10BrN3O4/c1-2-9(15)10(16)13-12-8-5-6(14(17)18)3-4-7(8)11/h3-5,12H,2H2,1H3,(H,13,16). The Morgan fingerprint density at radius 2 is 2.11 bits per heavy atom. The number of nitrogens with one attached hydrogen (secondary N) is 2. The number of hydrazine groups is 1. The quantitative estimate of drug-likeness (QED) is 0.490. The number of hydrogen-bond acceptors (Lipinski definition) is 5. The van der Waals surface area contributed by atoms with Crippen LogP contribution >= 0.6 is 15.9 Å². The number of Topliss-reactive ketones (excluding diaryl/α,β-unsaturated/α-hetero) is 1. The molecule has 8 heteroatoms. The first-order valence-corrected chi connectivity index (χ1v) is 5.78. The minimum atomic E-state index is -0.795. The smallest absolute Gasteiger partial charge is 0.297 e. The molecule has 7 nitrogen and oxygen atoms in total. The van der Waals surface area contributed by atoms with Crippen LogP contribution in [0.15, 0.2) is 22.7 Å². The molecule has 0 radical (unpaired) electrons. The molecule has 1 amide bonds. The van der Waals surface area contributed by atoms with E-state index < -0.39 is 16.6 Å². The first kappa shape index (κ1) is 14.1. The molecule has 0 aliphatic heterocycles. The van der Waals surface area contributed by atoms with Gasteiger partial charge in [0.15, 0.2) is 0 Å². The van der Waals surface area contributed by atoms with E-state index in [-0.39, 0.29) is 12.1 Å². The highest BCUT2D eigenvalue weighted by Crippen LogP contribution is 2.26. The summed E-state index contributed by atoms with van der Waals surface area (Å²) in [7, 11) is 0. The average Bonchev–Trinajstić information content (AvgIpc) is 2.36. The molecule has 18 heavy (non-hydrogen) atoms. The molecule has 0 heterocycles. The van der Waals surface area contributed by atoms with E-state index in [1.165, 1.54) is 18.2 Å². The molecular weight excluding hydrogens is 306 g/mol. The Hall–Kier alpha value is -1.96. The van der Waals surface area contributed by atoms with Crippen molar-refractivity contribution in [3.63, 3.8) is 0 Å². The number of rotatable bonds is 5. The van der Waals surface area contributed by atoms with Gasteiger partial charge in [-0.1, -0.05) is 6.92 Å². The topological polar surface area (TPSA) is 101 Å². The van der Waals surface area contributed by atoms with Crippen molar-refractivity contribution >= 4 is 39.0 Å². The van der Waals surface area contributed by atoms with Crippen LogP contribution in [0.4, 0.5) is 11.4 Å². The molecule has 0 atom stereocenters. The van der Waals surface area contributed by atoms with Crippen molar-refractivity contribution in [2.24, 2.45) is 0 Å². The lowest BCUT2D eigenvalue weighted by molar-refractivity contribution is -0.384. The first-order chi connectivity index (χ1) is 8.45. The fourth-order valence-corrected chi connectivity index (χ4v) is 1.42. The molecule has 0 spiro atoms. The number of carbonyl (C=O) groups is 2. The highest BCUT2D eigenvalue weighted by atomic mass is 79.9. The molecule has 0 unspecified atom stereocenters. The van der Waals surface area contributed by atoms with Crippen molar-refractivity contribution < 1.29 is 14.5 Å². The molecule has 1 rings (SSSR count). The van der Waals surface area contributed by atoms with E-state index in [0.717, 1.165) is 0 Å². The van der Waals surface area contributed by atoms with Crippen LogP contribution in [0.1, 0.15) is 13.3 Å². The van der Waals surface area contributed by atoms with Crippen LogP contribution in [0.2, 0.25) is 0 Å². The third kappa shape index (κ3) is 3.52. The number of hydrogen-bond donors (Lipinski definition) is 2. The molecule has 2 N–H and O–H groups in total. The highest BCUT2D eigenvalue weighted by molar-refractivity contribution is 9.10. The van der Waals surface area contributed by atoms with Crippen molar-refractivity contribution in [3.8, 4) is 0 Å². The van der Waals surface area contributed by atoms with E-state index in [1.54, 1.807) is 6.92 Å². The summed E-state index contributed by atoms with van der Waals surface area (Å²) in [6.45, 7) is 1.56. The summed E-state index contributed by atoms with van der Waals surface area (Å²) in [5.74, 6) is -1.38. The summed E-state index contributed by atoms with van der Waals surface area (Å²) >= 11 is 3.16. The largest absolute Gasteiger partial charge is 0.305 e. The second-order valence-electron chi connectivity index (χ2n) is 3.28. The number of anilines is 1. The number of halogens is 1. The van der Waals surface area contributed by atoms with E-state index >= 15 is 0 Å². The molecule has 96 valence electrons. The predicted molar refractivity (Wildman–Crippen MR) is 67.9 cm³/mol. The molecule has 0 saturated heterocycles. The zero-order valence-electron chi connectivity index (χ0n) is 9.40. The van der Waals surface area contributed by atoms with E-state index in [1.807, 2.05) is 0 Å². The summed E-state index contributed by atoms with van der Waals surface area (Å²) in [4.78, 5) is 32.2. The summed E-state index contributed by atoms with van der Waals surface area (Å²) in [5.41, 5.74) is 4.78. The van der Waals surface area contributed by atoms with Gasteiger partial charge < -0.3 is 0 Å². The summed E-state index contributed by atoms with van der Waals surface area (Å²) in [5, 5.41) is 10.6. The van der Waals surface area contributed by atoms with E-state index in [9.17, 15) is 19.7 Å². The Labute approximate surface area is 111 Å². The van der Waals surface area contributed by atoms with Gasteiger partial charge in [-0.3, -0.25) is 30.6 Å². The maximum atomic E-state index is 11.2. The number of nitro benzene ring substituents is 1. The Morgan fingerprint density at radius 3 is 2.67 bits per heavy atom. The van der Waals surface area contributed by atoms with Crippen molar-refractivity contribution in [2.75, 3.05) is 5.43 Å². The first-order valence-electron chi connectivity index (χ1n) is 4.98. The van der Waals surface area contributed by atoms with Crippen LogP contribution in [0.25, 0.3) is 0 Å². The van der Waals surface area contributed by atoms with Crippen LogP contribution in [0.5, 0.6) is 0 Å². The summed E-state index contributed by atoms with van der Waals surface area (Å²) in [6, 6.07) is 4.02. The zero-order valence-corrected chi connectivity index (χ0v) is 11.0. The maximum Gasteiger partial charge on any atom is 0.305 e. The van der Waals surface area contributed by atoms with Crippen molar-refractivity contribution in [3.05, 3.63) is 32.8 Å². The lowest BCUT2D eigenvalue weighted by atomic mass is 10.3. The number of amides is 1. The maximum absolute atomic E-state index is 11.2. The fraction of sp³-hybridized carbons (Fsp3) is 0.200. The second-order valence-corrected chi connectivity index (χ2v) is 4.13. The number of nitro groups is 1. The molecule has 0 aromatic heterocycles. The van der Waals surface area contributed by atoms with Gasteiger partial charge in [0.1, 0.15) is 0 Å². The van der Waals surface area contributed by atoms with E-state index in [0.29, 0.717) is 10.2 Å². The molecule has 1 aromatic carbocycles. The number of benzene rings is 1. The van der Waals surface area contributed by atoms with Gasteiger partial charge in [-0.05, 0) is 22.0 Å². The van der Waals surface area contributed by atoms with Gasteiger partial charge in [-0.2, -0.15) is 0 Å². The van der Waals surface area contributed by atoms with Crippen LogP contribution in [-0.2, 0) is 9.59 Å². The van der Waals surface area contributed by atoms with Gasteiger partial charge >= 0.3 is 5.91 Å². The lowest BCUT2D eigenvalue weighted by Gasteiger charge is -2.08. The summed E-state index contributed by atoms with van der Waals surface area (Å²) < 4.78 is 0.525. The fourth-order valence-electron chi connectivity index (χ4n) is 1.08. The van der Waals surface area contributed by atoms with E-state index in [2.05, 4.69) is 26.8 Å². The number of ketones is 1. The average molecular weight is 316 g/mol. The number of non-ortho nitro benzene ring substituents is 1. The van der Waals surface area contributed by atoms with Crippen LogP contribution in [0, 0.1) is 10.1 Å². The zero-order chi connectivity index (χ0) is 13.7. The SMILES string of the molecule is CCC(=O)C(=O)NNc1cc([N+](=O)[O-])ccc1Br. The lowest BCUT2D eigenvalue weighted by Crippen LogP contribution is -2.35. The highest BCUT2D eigenvalue weighted by Gasteiger charge is 2.13. The molecule has 0 saturated carbocycles. The van der Waals surface area contributed by atoms with Crippen molar-refractivity contribution in [1.82, 2.24) is 5.43 Å². The van der Waals surface area contributed by atoms with Crippen molar-refractivity contribution in [1.29, 1.82) is 0 Å². The van der Waals surface area contributed by atoms with Gasteiger partial charge in [0, 0.05) is 23.0 Å². The Bertz CT molecular complexity index is 504. The normalized spacial score (nSPS) is 9.67. The van der Waals surface area contributed by atoms with Crippen molar-refractivity contribution in [2.45, 2.75) is 13.3 Å². The second kappa shape index (κ2) is 6.10. The molecule has 1 aromatic rings.